The van der Waals surface area contributed by atoms with Crippen LogP contribution < -0.4 is 21.8 Å². The molecule has 0 aliphatic carbocycles. The molecule has 2 aromatic rings. The van der Waals surface area contributed by atoms with Crippen LogP contribution in [0.3, 0.4) is 0 Å². The minimum atomic E-state index is -0.519. The maximum absolute atomic E-state index is 12.5. The molecule has 1 fully saturated rings. The van der Waals surface area contributed by atoms with Crippen molar-refractivity contribution < 1.29 is 14.3 Å². The largest absolute Gasteiger partial charge is 0.482 e. The van der Waals surface area contributed by atoms with E-state index in [1.165, 1.54) is 0 Å². The number of nitrogens with one attached hydrogen (secondary N) is 1. The van der Waals surface area contributed by atoms with Gasteiger partial charge < -0.3 is 20.1 Å². The Morgan fingerprint density at radius 2 is 1.88 bits per heavy atom. The third-order valence-corrected chi connectivity index (χ3v) is 5.81. The van der Waals surface area contributed by atoms with E-state index in [9.17, 15) is 4.79 Å². The van der Waals surface area contributed by atoms with Gasteiger partial charge in [-0.2, -0.15) is 0 Å². The Balaban J connectivity index is 1.65. The first-order valence-corrected chi connectivity index (χ1v) is 11.1. The highest BCUT2D eigenvalue weighted by molar-refractivity contribution is 5.98. The molecule has 1 amide bonds. The molecule has 2 aliphatic rings. The molecule has 0 bridgehead atoms. The van der Waals surface area contributed by atoms with Crippen molar-refractivity contribution >= 4 is 17.5 Å². The van der Waals surface area contributed by atoms with Gasteiger partial charge in [0.1, 0.15) is 17.0 Å². The van der Waals surface area contributed by atoms with Gasteiger partial charge >= 0.3 is 6.09 Å². The zero-order chi connectivity index (χ0) is 23.6. The number of hydrogen-bond donors (Lipinski definition) is 3. The topological polar surface area (TPSA) is 115 Å². The third-order valence-electron chi connectivity index (χ3n) is 5.81. The maximum atomic E-state index is 12.5. The van der Waals surface area contributed by atoms with Crippen molar-refractivity contribution in [2.75, 3.05) is 13.1 Å². The van der Waals surface area contributed by atoms with Crippen LogP contribution >= 0.6 is 0 Å². The number of amides is 1. The number of benzene rings is 2. The minimum Gasteiger partial charge on any atom is -0.482 e. The smallest absolute Gasteiger partial charge is 0.410 e. The molecule has 1 saturated heterocycles. The molecule has 8 nitrogen and oxygen atoms in total. The summed E-state index contributed by atoms with van der Waals surface area (Å²) in [5.41, 5.74) is 11.1. The number of piperidine rings is 1. The van der Waals surface area contributed by atoms with E-state index in [0.717, 1.165) is 28.0 Å². The standard InChI is InChI=1S/C25H31N5O3/c1-24(2,3)33-23(31)30-13-11-25(12-14-30)16-20(19-9-4-5-10-21(19)32-25)17-7-6-8-18(15-17)22(26)28-29-27/h4-10,15-16,29H,11-14,27H2,1-3H3,(H2,26,28). The average Bonchev–Trinajstić information content (AvgIpc) is 2.78. The van der Waals surface area contributed by atoms with Gasteiger partial charge in [0, 0.05) is 37.1 Å². The monoisotopic (exact) mass is 449 g/mol. The van der Waals surface area contributed by atoms with E-state index >= 15 is 0 Å². The first-order valence-electron chi connectivity index (χ1n) is 11.1. The second-order valence-electron chi connectivity index (χ2n) is 9.40. The Morgan fingerprint density at radius 1 is 1.15 bits per heavy atom. The van der Waals surface area contributed by atoms with Crippen molar-refractivity contribution in [3.63, 3.8) is 0 Å². The second kappa shape index (κ2) is 8.78. The van der Waals surface area contributed by atoms with Gasteiger partial charge in [-0.15, -0.1) is 5.10 Å². The summed E-state index contributed by atoms with van der Waals surface area (Å²) in [7, 11) is 0. The van der Waals surface area contributed by atoms with Crippen LogP contribution in [-0.4, -0.2) is 41.1 Å². The molecule has 0 unspecified atom stereocenters. The van der Waals surface area contributed by atoms with Crippen molar-refractivity contribution in [2.24, 2.45) is 16.7 Å². The van der Waals surface area contributed by atoms with Crippen LogP contribution in [0.4, 0.5) is 4.79 Å². The summed E-state index contributed by atoms with van der Waals surface area (Å²) >= 11 is 0. The van der Waals surface area contributed by atoms with Crippen LogP contribution in [0.5, 0.6) is 5.75 Å². The second-order valence-corrected chi connectivity index (χ2v) is 9.40. The summed E-state index contributed by atoms with van der Waals surface area (Å²) in [6.45, 7) is 6.75. The molecule has 8 heteroatoms. The zero-order valence-electron chi connectivity index (χ0n) is 19.3. The average molecular weight is 450 g/mol. The van der Waals surface area contributed by atoms with Crippen molar-refractivity contribution in [1.82, 2.24) is 10.4 Å². The van der Waals surface area contributed by atoms with Gasteiger partial charge in [-0.25, -0.2) is 16.2 Å². The van der Waals surface area contributed by atoms with E-state index in [0.29, 0.717) is 31.8 Å². The quantitative estimate of drug-likeness (QED) is 0.286. The number of nitrogens with two attached hydrogens (primary N) is 2. The molecular weight excluding hydrogens is 418 g/mol. The predicted octanol–water partition coefficient (Wildman–Crippen LogP) is 3.36. The summed E-state index contributed by atoms with van der Waals surface area (Å²) in [5.74, 6) is 6.42. The van der Waals surface area contributed by atoms with Crippen molar-refractivity contribution in [3.8, 4) is 5.75 Å². The van der Waals surface area contributed by atoms with Gasteiger partial charge in [-0.1, -0.05) is 36.4 Å². The Kier molecular flexibility index (Phi) is 6.03. The summed E-state index contributed by atoms with van der Waals surface area (Å²) in [6, 6.07) is 15.9. The molecule has 33 heavy (non-hydrogen) atoms. The maximum Gasteiger partial charge on any atom is 0.410 e. The van der Waals surface area contributed by atoms with Crippen LogP contribution in [0.1, 0.15) is 50.3 Å². The van der Waals surface area contributed by atoms with E-state index in [4.69, 9.17) is 21.1 Å². The highest BCUT2D eigenvalue weighted by Gasteiger charge is 2.40. The number of nitrogens with zero attached hydrogens (tertiary/aromatic N) is 2. The van der Waals surface area contributed by atoms with Crippen molar-refractivity contribution in [1.29, 1.82) is 0 Å². The first-order chi connectivity index (χ1) is 15.7. The highest BCUT2D eigenvalue weighted by Crippen LogP contribution is 2.43. The van der Waals surface area contributed by atoms with Crippen LogP contribution in [-0.2, 0) is 4.74 Å². The molecule has 2 aliphatic heterocycles. The lowest BCUT2D eigenvalue weighted by atomic mass is 9.82. The lowest BCUT2D eigenvalue weighted by molar-refractivity contribution is -0.00115. The van der Waals surface area contributed by atoms with Crippen LogP contribution in [0.2, 0.25) is 0 Å². The molecule has 0 radical (unpaired) electrons. The number of hydrogen-bond acceptors (Lipinski definition) is 6. The summed E-state index contributed by atoms with van der Waals surface area (Å²) in [6.07, 6.45) is 3.25. The van der Waals surface area contributed by atoms with Gasteiger partial charge in [-0.3, -0.25) is 0 Å². The number of para-hydroxylation sites is 1. The summed E-state index contributed by atoms with van der Waals surface area (Å²) in [4.78, 5) is 14.3. The van der Waals surface area contributed by atoms with Crippen LogP contribution in [0.25, 0.3) is 5.57 Å². The Labute approximate surface area is 194 Å². The Bertz CT molecular complexity index is 1100. The molecule has 0 atom stereocenters. The van der Waals surface area contributed by atoms with Gasteiger partial charge in [0.15, 0.2) is 5.84 Å². The summed E-state index contributed by atoms with van der Waals surface area (Å²) in [5, 5.41) is 3.89. The lowest BCUT2D eigenvalue weighted by Crippen LogP contribution is -2.50. The molecule has 4 rings (SSSR count). The predicted molar refractivity (Wildman–Crippen MR) is 128 cm³/mol. The highest BCUT2D eigenvalue weighted by atomic mass is 16.6. The fraction of sp³-hybridized carbons (Fsp3) is 0.360. The zero-order valence-corrected chi connectivity index (χ0v) is 19.3. The number of ether oxygens (including phenoxy) is 2. The number of amidine groups is 1. The fourth-order valence-corrected chi connectivity index (χ4v) is 4.23. The molecule has 174 valence electrons. The number of carbonyl (C=O) groups excluding carboxylic acids is 1. The van der Waals surface area contributed by atoms with Gasteiger partial charge in [0.05, 0.1) is 0 Å². The number of hydrazine groups is 1. The number of carbonyl (C=O) groups is 1. The van der Waals surface area contributed by atoms with Crippen LogP contribution in [0.15, 0.2) is 59.7 Å². The number of fused-ring (bicyclic) bond motifs is 1. The summed E-state index contributed by atoms with van der Waals surface area (Å²) < 4.78 is 12.1. The molecule has 2 heterocycles. The van der Waals surface area contributed by atoms with Gasteiger partial charge in [0.25, 0.3) is 0 Å². The molecule has 1 spiro atoms. The number of rotatable bonds is 3. The van der Waals surface area contributed by atoms with E-state index in [1.807, 2.05) is 63.2 Å². The normalized spacial score (nSPS) is 17.6. The van der Waals surface area contributed by atoms with Gasteiger partial charge in [0.2, 0.25) is 0 Å². The first kappa shape index (κ1) is 22.7. The van der Waals surface area contributed by atoms with E-state index in [-0.39, 0.29) is 6.09 Å². The van der Waals surface area contributed by atoms with Crippen molar-refractivity contribution in [2.45, 2.75) is 44.8 Å². The number of likely N-dealkylation sites (tertiary alicyclic amines) is 1. The Morgan fingerprint density at radius 3 is 2.58 bits per heavy atom. The minimum absolute atomic E-state index is 0.284. The fourth-order valence-electron chi connectivity index (χ4n) is 4.23. The molecule has 5 N–H and O–H groups in total. The SMILES string of the molecule is CC(C)(C)OC(=O)N1CCC2(C=C(c3cccc(/C(N)=N/NN)c3)c3ccccc3O2)CC1. The third kappa shape index (κ3) is 4.96. The number of hydrazone groups is 1. The van der Waals surface area contributed by atoms with E-state index in [1.54, 1.807) is 4.90 Å². The molecule has 2 aromatic carbocycles. The van der Waals surface area contributed by atoms with Gasteiger partial charge in [-0.05, 0) is 50.1 Å². The van der Waals surface area contributed by atoms with E-state index in [2.05, 4.69) is 22.8 Å². The molecule has 0 saturated carbocycles. The van der Waals surface area contributed by atoms with Crippen molar-refractivity contribution in [3.05, 3.63) is 71.3 Å². The molecular formula is C25H31N5O3. The van der Waals surface area contributed by atoms with E-state index < -0.39 is 11.2 Å². The molecule has 0 aromatic heterocycles. The lowest BCUT2D eigenvalue weighted by Gasteiger charge is -2.43. The van der Waals surface area contributed by atoms with Crippen LogP contribution in [0, 0.1) is 0 Å². The Hall–Kier alpha value is -3.52.